The molecule has 0 amide bonds. The lowest BCUT2D eigenvalue weighted by molar-refractivity contribution is 0.225. The minimum absolute atomic E-state index is 0.223. The Morgan fingerprint density at radius 2 is 1.44 bits per heavy atom. The van der Waals surface area contributed by atoms with E-state index in [1.54, 1.807) is 0 Å². The first kappa shape index (κ1) is 11.3. The van der Waals surface area contributed by atoms with Crippen LogP contribution in [0.15, 0.2) is 48.5 Å². The van der Waals surface area contributed by atoms with Crippen molar-refractivity contribution in [3.05, 3.63) is 48.5 Å². The Hall–Kier alpha value is -1.80. The summed E-state index contributed by atoms with van der Waals surface area (Å²) in [5, 5.41) is 11.8. The van der Waals surface area contributed by atoms with E-state index in [0.717, 1.165) is 6.54 Å². The summed E-state index contributed by atoms with van der Waals surface area (Å²) in [5.74, 6) is 0.268. The number of aromatic nitrogens is 1. The molecular formula is C16H17NO. The lowest BCUT2D eigenvalue weighted by atomic mass is 10.2. The number of rotatable bonds is 3. The molecule has 0 aliphatic rings. The van der Waals surface area contributed by atoms with Gasteiger partial charge in [-0.3, -0.25) is 0 Å². The van der Waals surface area contributed by atoms with Gasteiger partial charge in [-0.25, -0.2) is 0 Å². The smallest absolute Gasteiger partial charge is 0.0491 e. The lowest BCUT2D eigenvalue weighted by Crippen LogP contribution is -2.10. The van der Waals surface area contributed by atoms with Crippen LogP contribution in [-0.4, -0.2) is 16.3 Å². The molecule has 92 valence electrons. The predicted octanol–water partition coefficient (Wildman–Crippen LogP) is 3.42. The standard InChI is InChI=1S/C16H17NO/c1-12(11-18)10-17-15-8-4-2-6-13(15)14-7-3-5-9-16(14)17/h2-9,12,18H,10-11H2,1H3. The zero-order chi connectivity index (χ0) is 12.5. The van der Waals surface area contributed by atoms with E-state index >= 15 is 0 Å². The van der Waals surface area contributed by atoms with Crippen molar-refractivity contribution < 1.29 is 5.11 Å². The van der Waals surface area contributed by atoms with Crippen LogP contribution in [0.3, 0.4) is 0 Å². The van der Waals surface area contributed by atoms with Crippen molar-refractivity contribution in [1.82, 2.24) is 4.57 Å². The summed E-state index contributed by atoms with van der Waals surface area (Å²) in [6.07, 6.45) is 0. The Morgan fingerprint density at radius 1 is 0.944 bits per heavy atom. The van der Waals surface area contributed by atoms with Crippen LogP contribution >= 0.6 is 0 Å². The third-order valence-electron chi connectivity index (χ3n) is 3.49. The van der Waals surface area contributed by atoms with E-state index in [1.165, 1.54) is 21.8 Å². The van der Waals surface area contributed by atoms with Crippen LogP contribution < -0.4 is 0 Å². The van der Waals surface area contributed by atoms with Gasteiger partial charge in [-0.2, -0.15) is 0 Å². The highest BCUT2D eigenvalue weighted by Gasteiger charge is 2.11. The fourth-order valence-electron chi connectivity index (χ4n) is 2.57. The Labute approximate surface area is 106 Å². The van der Waals surface area contributed by atoms with Gasteiger partial charge in [0, 0.05) is 35.0 Å². The lowest BCUT2D eigenvalue weighted by Gasteiger charge is -2.12. The van der Waals surface area contributed by atoms with Crippen molar-refractivity contribution in [3.63, 3.8) is 0 Å². The molecule has 0 radical (unpaired) electrons. The Bertz CT molecular complexity index is 630. The number of hydrogen-bond donors (Lipinski definition) is 1. The van der Waals surface area contributed by atoms with Crippen LogP contribution in [0.2, 0.25) is 0 Å². The van der Waals surface area contributed by atoms with Crippen LogP contribution in [-0.2, 0) is 6.54 Å². The Morgan fingerprint density at radius 3 is 1.94 bits per heavy atom. The molecule has 18 heavy (non-hydrogen) atoms. The quantitative estimate of drug-likeness (QED) is 0.744. The summed E-state index contributed by atoms with van der Waals surface area (Å²) < 4.78 is 2.31. The fourth-order valence-corrected chi connectivity index (χ4v) is 2.57. The molecule has 0 saturated carbocycles. The minimum atomic E-state index is 0.223. The number of benzene rings is 2. The van der Waals surface area contributed by atoms with Crippen LogP contribution in [0.25, 0.3) is 21.8 Å². The maximum absolute atomic E-state index is 9.26. The zero-order valence-corrected chi connectivity index (χ0v) is 10.5. The maximum Gasteiger partial charge on any atom is 0.0491 e. The van der Waals surface area contributed by atoms with Gasteiger partial charge in [0.1, 0.15) is 0 Å². The molecular weight excluding hydrogens is 222 g/mol. The number of hydrogen-bond acceptors (Lipinski definition) is 1. The molecule has 0 aliphatic carbocycles. The highest BCUT2D eigenvalue weighted by atomic mass is 16.3. The van der Waals surface area contributed by atoms with Gasteiger partial charge in [0.05, 0.1) is 0 Å². The second-order valence-electron chi connectivity index (χ2n) is 4.93. The van der Waals surface area contributed by atoms with E-state index in [4.69, 9.17) is 0 Å². The molecule has 1 N–H and O–H groups in total. The summed E-state index contributed by atoms with van der Waals surface area (Å²) in [5.41, 5.74) is 2.50. The fraction of sp³-hybridized carbons (Fsp3) is 0.250. The van der Waals surface area contributed by atoms with Crippen LogP contribution in [0.4, 0.5) is 0 Å². The van der Waals surface area contributed by atoms with Gasteiger partial charge in [0.15, 0.2) is 0 Å². The van der Waals surface area contributed by atoms with E-state index in [9.17, 15) is 5.11 Å². The zero-order valence-electron chi connectivity index (χ0n) is 10.5. The number of fused-ring (bicyclic) bond motifs is 3. The number of aliphatic hydroxyl groups is 1. The SMILES string of the molecule is CC(CO)Cn1c2ccccc2c2ccccc21. The molecule has 0 bridgehead atoms. The van der Waals surface area contributed by atoms with E-state index in [-0.39, 0.29) is 12.5 Å². The van der Waals surface area contributed by atoms with Crippen molar-refractivity contribution in [3.8, 4) is 0 Å². The second kappa shape index (κ2) is 4.46. The predicted molar refractivity (Wildman–Crippen MR) is 75.7 cm³/mol. The third kappa shape index (κ3) is 1.70. The molecule has 2 heteroatoms. The van der Waals surface area contributed by atoms with Crippen LogP contribution in [0, 0.1) is 5.92 Å². The van der Waals surface area contributed by atoms with Gasteiger partial charge in [-0.1, -0.05) is 43.3 Å². The first-order valence-electron chi connectivity index (χ1n) is 6.38. The largest absolute Gasteiger partial charge is 0.396 e. The monoisotopic (exact) mass is 239 g/mol. The van der Waals surface area contributed by atoms with E-state index in [0.29, 0.717) is 0 Å². The second-order valence-corrected chi connectivity index (χ2v) is 4.93. The van der Waals surface area contributed by atoms with Gasteiger partial charge in [-0.15, -0.1) is 0 Å². The molecule has 3 rings (SSSR count). The third-order valence-corrected chi connectivity index (χ3v) is 3.49. The van der Waals surface area contributed by atoms with Gasteiger partial charge in [0.2, 0.25) is 0 Å². The summed E-state index contributed by atoms with van der Waals surface area (Å²) in [6.45, 7) is 3.15. The van der Waals surface area contributed by atoms with Crippen molar-refractivity contribution >= 4 is 21.8 Å². The summed E-state index contributed by atoms with van der Waals surface area (Å²) in [7, 11) is 0. The van der Waals surface area contributed by atoms with Crippen molar-refractivity contribution in [2.45, 2.75) is 13.5 Å². The number of aliphatic hydroxyl groups excluding tert-OH is 1. The van der Waals surface area contributed by atoms with Gasteiger partial charge >= 0.3 is 0 Å². The van der Waals surface area contributed by atoms with Crippen molar-refractivity contribution in [2.24, 2.45) is 5.92 Å². The van der Waals surface area contributed by atoms with Gasteiger partial charge < -0.3 is 9.67 Å². The molecule has 3 aromatic rings. The Balaban J connectivity index is 2.31. The normalized spacial score (nSPS) is 13.2. The molecule has 2 aromatic carbocycles. The van der Waals surface area contributed by atoms with Gasteiger partial charge in [-0.05, 0) is 18.1 Å². The molecule has 2 nitrogen and oxygen atoms in total. The summed E-state index contributed by atoms with van der Waals surface area (Å²) in [6, 6.07) is 16.9. The highest BCUT2D eigenvalue weighted by Crippen LogP contribution is 2.29. The number of para-hydroxylation sites is 2. The molecule has 0 saturated heterocycles. The molecule has 1 atom stereocenters. The van der Waals surface area contributed by atoms with E-state index < -0.39 is 0 Å². The minimum Gasteiger partial charge on any atom is -0.396 e. The topological polar surface area (TPSA) is 25.2 Å². The van der Waals surface area contributed by atoms with Gasteiger partial charge in [0.25, 0.3) is 0 Å². The average Bonchev–Trinajstić information content (AvgIpc) is 2.74. The molecule has 0 aliphatic heterocycles. The Kier molecular flexibility index (Phi) is 2.80. The van der Waals surface area contributed by atoms with Crippen molar-refractivity contribution in [1.29, 1.82) is 0 Å². The molecule has 1 heterocycles. The van der Waals surface area contributed by atoms with E-state index in [2.05, 4.69) is 60.0 Å². The van der Waals surface area contributed by atoms with Crippen LogP contribution in [0.1, 0.15) is 6.92 Å². The molecule has 1 aromatic heterocycles. The highest BCUT2D eigenvalue weighted by molar-refractivity contribution is 6.07. The summed E-state index contributed by atoms with van der Waals surface area (Å²) >= 11 is 0. The molecule has 1 unspecified atom stereocenters. The first-order valence-corrected chi connectivity index (χ1v) is 6.38. The maximum atomic E-state index is 9.26. The molecule has 0 spiro atoms. The van der Waals surface area contributed by atoms with Crippen LogP contribution in [0.5, 0.6) is 0 Å². The van der Waals surface area contributed by atoms with E-state index in [1.807, 2.05) is 0 Å². The average molecular weight is 239 g/mol. The first-order chi connectivity index (χ1) is 8.81. The number of nitrogens with zero attached hydrogens (tertiary/aromatic N) is 1. The molecule has 0 fully saturated rings. The summed E-state index contributed by atoms with van der Waals surface area (Å²) in [4.78, 5) is 0. The van der Waals surface area contributed by atoms with Crippen molar-refractivity contribution in [2.75, 3.05) is 6.61 Å².